The minimum Gasteiger partial charge on any atom is -0.492 e. The van der Waals surface area contributed by atoms with Crippen LogP contribution in [0.15, 0.2) is 41.3 Å². The fourth-order valence-electron chi connectivity index (χ4n) is 3.36. The Labute approximate surface area is 193 Å². The van der Waals surface area contributed by atoms with Crippen molar-refractivity contribution in [1.29, 1.82) is 0 Å². The standard InChI is InChI=1S/C22H28N4O6S/c1-4-25(5-2)33(30,31)21-14-17(10-12-20(21)32-6-3)24-22(27)15-7-11-18(23-16-8-9-16)19(13-15)26(28)29/h7,10-14,16,23H,4-6,8-9H2,1-3H3,(H,24,27). The summed E-state index contributed by atoms with van der Waals surface area (Å²) < 4.78 is 33.0. The van der Waals surface area contributed by atoms with Crippen molar-refractivity contribution in [3.8, 4) is 5.75 Å². The van der Waals surface area contributed by atoms with Gasteiger partial charge >= 0.3 is 0 Å². The van der Waals surface area contributed by atoms with Crippen LogP contribution in [0.4, 0.5) is 17.1 Å². The van der Waals surface area contributed by atoms with E-state index in [4.69, 9.17) is 4.74 Å². The Morgan fingerprint density at radius 2 is 1.85 bits per heavy atom. The fourth-order valence-corrected chi connectivity index (χ4v) is 4.98. The molecule has 1 amide bonds. The van der Waals surface area contributed by atoms with Crippen LogP contribution in [0.2, 0.25) is 0 Å². The highest BCUT2D eigenvalue weighted by Gasteiger charge is 2.27. The van der Waals surface area contributed by atoms with E-state index < -0.39 is 20.9 Å². The zero-order valence-corrected chi connectivity index (χ0v) is 19.6. The second-order valence-electron chi connectivity index (χ2n) is 7.55. The van der Waals surface area contributed by atoms with Crippen molar-refractivity contribution in [2.45, 2.75) is 44.6 Å². The van der Waals surface area contributed by atoms with Gasteiger partial charge in [-0.25, -0.2) is 8.42 Å². The van der Waals surface area contributed by atoms with E-state index in [1.165, 1.54) is 40.7 Å². The smallest absolute Gasteiger partial charge is 0.293 e. The van der Waals surface area contributed by atoms with Gasteiger partial charge in [0, 0.05) is 36.4 Å². The second-order valence-corrected chi connectivity index (χ2v) is 9.45. The van der Waals surface area contributed by atoms with Gasteiger partial charge in [0.1, 0.15) is 16.3 Å². The van der Waals surface area contributed by atoms with Gasteiger partial charge in [0.05, 0.1) is 11.5 Å². The lowest BCUT2D eigenvalue weighted by Gasteiger charge is -2.21. The van der Waals surface area contributed by atoms with Gasteiger partial charge in [-0.3, -0.25) is 14.9 Å². The molecule has 33 heavy (non-hydrogen) atoms. The number of rotatable bonds is 11. The molecule has 3 rings (SSSR count). The monoisotopic (exact) mass is 476 g/mol. The van der Waals surface area contributed by atoms with Crippen LogP contribution < -0.4 is 15.4 Å². The van der Waals surface area contributed by atoms with Gasteiger partial charge in [-0.1, -0.05) is 13.8 Å². The molecule has 2 N–H and O–H groups in total. The minimum atomic E-state index is -3.85. The van der Waals surface area contributed by atoms with Gasteiger partial charge in [-0.05, 0) is 50.1 Å². The molecule has 1 aliphatic rings. The van der Waals surface area contributed by atoms with E-state index in [1.54, 1.807) is 20.8 Å². The van der Waals surface area contributed by atoms with Crippen molar-refractivity contribution in [2.24, 2.45) is 0 Å². The molecule has 0 radical (unpaired) electrons. The molecule has 0 aromatic heterocycles. The van der Waals surface area contributed by atoms with E-state index >= 15 is 0 Å². The quantitative estimate of drug-likeness (QED) is 0.372. The highest BCUT2D eigenvalue weighted by molar-refractivity contribution is 7.89. The number of carbonyl (C=O) groups excluding carboxylic acids is 1. The molecule has 1 fully saturated rings. The molecule has 0 bridgehead atoms. The minimum absolute atomic E-state index is 0.0548. The zero-order chi connectivity index (χ0) is 24.2. The number of amides is 1. The van der Waals surface area contributed by atoms with Crippen molar-refractivity contribution in [2.75, 3.05) is 30.3 Å². The molecule has 2 aromatic rings. The largest absolute Gasteiger partial charge is 0.492 e. The number of nitro benzene ring substituents is 1. The predicted molar refractivity (Wildman–Crippen MR) is 125 cm³/mol. The lowest BCUT2D eigenvalue weighted by atomic mass is 10.1. The molecule has 178 valence electrons. The van der Waals surface area contributed by atoms with Crippen molar-refractivity contribution in [3.05, 3.63) is 52.1 Å². The molecule has 0 atom stereocenters. The highest BCUT2D eigenvalue weighted by Crippen LogP contribution is 2.33. The summed E-state index contributed by atoms with van der Waals surface area (Å²) in [6, 6.07) is 8.80. The maximum Gasteiger partial charge on any atom is 0.293 e. The number of benzene rings is 2. The third kappa shape index (κ3) is 5.60. The molecule has 1 saturated carbocycles. The maximum absolute atomic E-state index is 13.1. The third-order valence-corrected chi connectivity index (χ3v) is 7.29. The van der Waals surface area contributed by atoms with Gasteiger partial charge in [0.15, 0.2) is 0 Å². The van der Waals surface area contributed by atoms with Crippen LogP contribution in [-0.4, -0.2) is 49.3 Å². The van der Waals surface area contributed by atoms with Crippen LogP contribution in [0.3, 0.4) is 0 Å². The first-order valence-corrected chi connectivity index (χ1v) is 12.3. The summed E-state index contributed by atoms with van der Waals surface area (Å²) in [7, 11) is -3.85. The number of sulfonamides is 1. The fraction of sp³-hybridized carbons (Fsp3) is 0.409. The number of anilines is 2. The van der Waals surface area contributed by atoms with Crippen molar-refractivity contribution < 1.29 is 22.9 Å². The number of carbonyl (C=O) groups is 1. The van der Waals surface area contributed by atoms with E-state index in [2.05, 4.69) is 10.6 Å². The summed E-state index contributed by atoms with van der Waals surface area (Å²) in [6.07, 6.45) is 1.91. The van der Waals surface area contributed by atoms with E-state index in [0.29, 0.717) is 5.69 Å². The number of ether oxygens (including phenoxy) is 1. The molecule has 0 spiro atoms. The maximum atomic E-state index is 13.1. The van der Waals surface area contributed by atoms with E-state index in [-0.39, 0.29) is 53.3 Å². The Kier molecular flexibility index (Phi) is 7.54. The Balaban J connectivity index is 1.90. The molecular formula is C22H28N4O6S. The summed E-state index contributed by atoms with van der Waals surface area (Å²) in [5.41, 5.74) is 0.501. The molecule has 0 saturated heterocycles. The SMILES string of the molecule is CCOc1ccc(NC(=O)c2ccc(NC3CC3)c([N+](=O)[O-])c2)cc1S(=O)(=O)N(CC)CC. The summed E-state index contributed by atoms with van der Waals surface area (Å²) >= 11 is 0. The molecule has 1 aliphatic carbocycles. The Morgan fingerprint density at radius 3 is 2.42 bits per heavy atom. The lowest BCUT2D eigenvalue weighted by Crippen LogP contribution is -2.31. The van der Waals surface area contributed by atoms with Crippen LogP contribution in [0.1, 0.15) is 44.0 Å². The Morgan fingerprint density at radius 1 is 1.15 bits per heavy atom. The first-order valence-electron chi connectivity index (χ1n) is 10.8. The molecule has 11 heteroatoms. The van der Waals surface area contributed by atoms with Crippen molar-refractivity contribution in [1.82, 2.24) is 4.31 Å². The van der Waals surface area contributed by atoms with E-state index in [9.17, 15) is 23.3 Å². The normalized spacial score (nSPS) is 13.6. The molecule has 0 unspecified atom stereocenters. The van der Waals surface area contributed by atoms with Crippen LogP contribution in [0.25, 0.3) is 0 Å². The number of hydrogen-bond acceptors (Lipinski definition) is 7. The lowest BCUT2D eigenvalue weighted by molar-refractivity contribution is -0.384. The van der Waals surface area contributed by atoms with E-state index in [0.717, 1.165) is 12.8 Å². The van der Waals surface area contributed by atoms with Crippen LogP contribution in [0, 0.1) is 10.1 Å². The molecule has 2 aromatic carbocycles. The molecule has 0 aliphatic heterocycles. The molecular weight excluding hydrogens is 448 g/mol. The summed E-state index contributed by atoms with van der Waals surface area (Å²) in [5.74, 6) is -0.403. The van der Waals surface area contributed by atoms with Crippen LogP contribution in [0.5, 0.6) is 5.75 Å². The number of nitrogens with one attached hydrogen (secondary N) is 2. The highest BCUT2D eigenvalue weighted by atomic mass is 32.2. The predicted octanol–water partition coefficient (Wildman–Crippen LogP) is 3.85. The van der Waals surface area contributed by atoms with Crippen LogP contribution in [-0.2, 0) is 10.0 Å². The Hall–Kier alpha value is -3.18. The third-order valence-electron chi connectivity index (χ3n) is 5.22. The number of nitrogens with zero attached hydrogens (tertiary/aromatic N) is 2. The summed E-state index contributed by atoms with van der Waals surface area (Å²) in [5, 5.41) is 17.2. The van der Waals surface area contributed by atoms with Gasteiger partial charge in [-0.2, -0.15) is 4.31 Å². The van der Waals surface area contributed by atoms with Crippen LogP contribution >= 0.6 is 0 Å². The topological polar surface area (TPSA) is 131 Å². The van der Waals surface area contributed by atoms with Gasteiger partial charge in [-0.15, -0.1) is 0 Å². The first kappa shape index (κ1) is 24.5. The zero-order valence-electron chi connectivity index (χ0n) is 18.8. The van der Waals surface area contributed by atoms with Crippen molar-refractivity contribution in [3.63, 3.8) is 0 Å². The van der Waals surface area contributed by atoms with Crippen molar-refractivity contribution >= 4 is 33.0 Å². The summed E-state index contributed by atoms with van der Waals surface area (Å²) in [6.45, 7) is 6.07. The van der Waals surface area contributed by atoms with Gasteiger partial charge < -0.3 is 15.4 Å². The average Bonchev–Trinajstić information content (AvgIpc) is 3.59. The molecule has 0 heterocycles. The van der Waals surface area contributed by atoms with Gasteiger partial charge in [0.25, 0.3) is 11.6 Å². The Bertz CT molecular complexity index is 1140. The first-order chi connectivity index (χ1) is 15.7. The molecule has 10 nitrogen and oxygen atoms in total. The number of hydrogen-bond donors (Lipinski definition) is 2. The average molecular weight is 477 g/mol. The van der Waals surface area contributed by atoms with Gasteiger partial charge in [0.2, 0.25) is 10.0 Å². The summed E-state index contributed by atoms with van der Waals surface area (Å²) in [4.78, 5) is 23.7. The van der Waals surface area contributed by atoms with E-state index in [1.807, 2.05) is 0 Å². The second kappa shape index (κ2) is 10.2. The number of nitro groups is 1.